The lowest BCUT2D eigenvalue weighted by Gasteiger charge is -2.16. The number of fused-ring (bicyclic) bond motifs is 3. The highest BCUT2D eigenvalue weighted by Crippen LogP contribution is 2.40. The third-order valence-electron chi connectivity index (χ3n) is 5.66. The van der Waals surface area contributed by atoms with E-state index in [4.69, 9.17) is 14.7 Å². The van der Waals surface area contributed by atoms with Crippen LogP contribution in [-0.4, -0.2) is 41.1 Å². The van der Waals surface area contributed by atoms with E-state index in [2.05, 4.69) is 17.0 Å². The molecule has 1 aliphatic heterocycles. The Bertz CT molecular complexity index is 932. The Kier molecular flexibility index (Phi) is 4.80. The van der Waals surface area contributed by atoms with E-state index in [0.717, 1.165) is 35.1 Å². The molecule has 0 saturated carbocycles. The van der Waals surface area contributed by atoms with E-state index in [9.17, 15) is 0 Å². The highest BCUT2D eigenvalue weighted by Gasteiger charge is 2.22. The van der Waals surface area contributed by atoms with Gasteiger partial charge in [0, 0.05) is 17.0 Å². The summed E-state index contributed by atoms with van der Waals surface area (Å²) in [4.78, 5) is 14.8. The Morgan fingerprint density at radius 1 is 0.963 bits per heavy atom. The van der Waals surface area contributed by atoms with Gasteiger partial charge in [-0.3, -0.25) is 4.90 Å². The van der Waals surface area contributed by atoms with Crippen molar-refractivity contribution < 1.29 is 4.74 Å². The molecule has 0 N–H and O–H groups in total. The van der Waals surface area contributed by atoms with Crippen LogP contribution in [0.25, 0.3) is 21.6 Å². The number of aryl methyl sites for hydroxylation is 2. The van der Waals surface area contributed by atoms with E-state index >= 15 is 0 Å². The molecule has 5 rings (SSSR count). The Hall–Kier alpha value is -1.98. The lowest BCUT2D eigenvalue weighted by atomic mass is 9.97. The van der Waals surface area contributed by atoms with Crippen LogP contribution in [0.2, 0.25) is 0 Å². The maximum Gasteiger partial charge on any atom is 0.226 e. The minimum Gasteiger partial charge on any atom is -0.476 e. The van der Waals surface area contributed by atoms with Crippen molar-refractivity contribution in [1.29, 1.82) is 0 Å². The molecule has 0 spiro atoms. The van der Waals surface area contributed by atoms with Crippen LogP contribution in [0.3, 0.4) is 0 Å². The van der Waals surface area contributed by atoms with Crippen molar-refractivity contribution in [3.63, 3.8) is 0 Å². The summed E-state index contributed by atoms with van der Waals surface area (Å²) in [7, 11) is 0. The van der Waals surface area contributed by atoms with E-state index in [-0.39, 0.29) is 0 Å². The van der Waals surface area contributed by atoms with Gasteiger partial charge in [0.2, 0.25) is 5.88 Å². The van der Waals surface area contributed by atoms with Crippen LogP contribution in [-0.2, 0) is 12.8 Å². The maximum absolute atomic E-state index is 6.28. The molecule has 0 bridgehead atoms. The number of ether oxygens (including phenoxy) is 1. The Morgan fingerprint density at radius 3 is 2.63 bits per heavy atom. The summed E-state index contributed by atoms with van der Waals surface area (Å²) in [5.74, 6) is 1.57. The number of thiophene rings is 1. The molecule has 0 atom stereocenters. The quantitative estimate of drug-likeness (QED) is 0.643. The fourth-order valence-corrected chi connectivity index (χ4v) is 5.47. The molecule has 1 aliphatic carbocycles. The van der Waals surface area contributed by atoms with Crippen molar-refractivity contribution in [3.05, 3.63) is 40.8 Å². The normalized spacial score (nSPS) is 17.3. The van der Waals surface area contributed by atoms with E-state index < -0.39 is 0 Å². The van der Waals surface area contributed by atoms with Crippen LogP contribution in [0.1, 0.15) is 36.1 Å². The number of nitrogens with zero attached hydrogens (tertiary/aromatic N) is 3. The Labute approximate surface area is 164 Å². The van der Waals surface area contributed by atoms with Crippen LogP contribution >= 0.6 is 11.3 Å². The van der Waals surface area contributed by atoms with Crippen LogP contribution in [0.4, 0.5) is 0 Å². The van der Waals surface area contributed by atoms with E-state index in [1.54, 1.807) is 0 Å². The Balaban J connectivity index is 1.51. The fourth-order valence-electron chi connectivity index (χ4n) is 4.22. The summed E-state index contributed by atoms with van der Waals surface area (Å²) in [6.07, 6.45) is 7.47. The van der Waals surface area contributed by atoms with Crippen LogP contribution in [0.5, 0.6) is 5.88 Å². The lowest BCUT2D eigenvalue weighted by molar-refractivity contribution is 0.234. The summed E-state index contributed by atoms with van der Waals surface area (Å²) in [6.45, 7) is 4.08. The summed E-state index contributed by atoms with van der Waals surface area (Å²) >= 11 is 1.84. The molecule has 4 nitrogen and oxygen atoms in total. The molecule has 0 amide bonds. The third-order valence-corrected chi connectivity index (χ3v) is 6.84. The van der Waals surface area contributed by atoms with Gasteiger partial charge in [-0.15, -0.1) is 11.3 Å². The molecule has 140 valence electrons. The average molecular weight is 380 g/mol. The van der Waals surface area contributed by atoms with Gasteiger partial charge in [0.1, 0.15) is 11.4 Å². The molecule has 27 heavy (non-hydrogen) atoms. The summed E-state index contributed by atoms with van der Waals surface area (Å²) < 4.78 is 6.28. The first kappa shape index (κ1) is 17.1. The number of benzene rings is 1. The first-order chi connectivity index (χ1) is 13.4. The predicted octanol–water partition coefficient (Wildman–Crippen LogP) is 4.71. The maximum atomic E-state index is 6.28. The summed E-state index contributed by atoms with van der Waals surface area (Å²) in [6, 6.07) is 10.2. The van der Waals surface area contributed by atoms with Crippen molar-refractivity contribution >= 4 is 21.6 Å². The first-order valence-corrected chi connectivity index (χ1v) is 10.9. The molecule has 3 heterocycles. The predicted molar refractivity (Wildman–Crippen MR) is 111 cm³/mol. The molecular weight excluding hydrogens is 354 g/mol. The van der Waals surface area contributed by atoms with E-state index in [1.165, 1.54) is 61.0 Å². The van der Waals surface area contributed by atoms with Gasteiger partial charge >= 0.3 is 0 Å². The van der Waals surface area contributed by atoms with Crippen LogP contribution in [0.15, 0.2) is 30.3 Å². The molecule has 3 aromatic rings. The zero-order valence-electron chi connectivity index (χ0n) is 15.6. The van der Waals surface area contributed by atoms with Gasteiger partial charge in [-0.05, 0) is 57.2 Å². The van der Waals surface area contributed by atoms with Gasteiger partial charge in [-0.2, -0.15) is 4.98 Å². The van der Waals surface area contributed by atoms with Crippen LogP contribution < -0.4 is 4.74 Å². The summed E-state index contributed by atoms with van der Waals surface area (Å²) in [5, 5.41) is 1.18. The van der Waals surface area contributed by atoms with Crippen LogP contribution in [0, 0.1) is 0 Å². The fraction of sp³-hybridized carbons (Fsp3) is 0.455. The highest BCUT2D eigenvalue weighted by atomic mass is 32.1. The van der Waals surface area contributed by atoms with Gasteiger partial charge in [0.25, 0.3) is 0 Å². The number of hydrogen-bond acceptors (Lipinski definition) is 5. The topological polar surface area (TPSA) is 38.2 Å². The SMILES string of the molecule is c1ccc(-c2nc(OCCN3CCCC3)c3c4c(sc3n2)CCCC4)cc1. The van der Waals surface area contributed by atoms with Gasteiger partial charge in [0.15, 0.2) is 5.82 Å². The molecule has 2 aromatic heterocycles. The monoisotopic (exact) mass is 379 g/mol. The lowest BCUT2D eigenvalue weighted by Crippen LogP contribution is -2.25. The van der Waals surface area contributed by atoms with Crippen molar-refractivity contribution in [2.75, 3.05) is 26.2 Å². The van der Waals surface area contributed by atoms with E-state index in [0.29, 0.717) is 6.61 Å². The zero-order chi connectivity index (χ0) is 18.1. The van der Waals surface area contributed by atoms with Crippen molar-refractivity contribution in [3.8, 4) is 17.3 Å². The molecule has 0 radical (unpaired) electrons. The second-order valence-corrected chi connectivity index (χ2v) is 8.59. The minimum absolute atomic E-state index is 0.699. The van der Waals surface area contributed by atoms with Gasteiger partial charge in [-0.25, -0.2) is 4.98 Å². The molecule has 2 aliphatic rings. The molecule has 1 aromatic carbocycles. The number of likely N-dealkylation sites (tertiary alicyclic amines) is 1. The average Bonchev–Trinajstić information content (AvgIpc) is 3.36. The number of aromatic nitrogens is 2. The first-order valence-electron chi connectivity index (χ1n) is 10.1. The van der Waals surface area contributed by atoms with Crippen molar-refractivity contribution in [2.24, 2.45) is 0 Å². The smallest absolute Gasteiger partial charge is 0.226 e. The standard InChI is InChI=1S/C22H25N3OS/c1-2-8-16(9-3-1)20-23-21(26-15-14-25-12-6-7-13-25)19-17-10-4-5-11-18(17)27-22(19)24-20/h1-3,8-9H,4-7,10-15H2. The third kappa shape index (κ3) is 3.46. The van der Waals surface area contributed by atoms with Crippen molar-refractivity contribution in [1.82, 2.24) is 14.9 Å². The van der Waals surface area contributed by atoms with E-state index in [1.807, 2.05) is 29.5 Å². The zero-order valence-corrected chi connectivity index (χ0v) is 16.4. The number of hydrogen-bond donors (Lipinski definition) is 0. The summed E-state index contributed by atoms with van der Waals surface area (Å²) in [5.41, 5.74) is 2.49. The van der Waals surface area contributed by atoms with Gasteiger partial charge < -0.3 is 4.74 Å². The van der Waals surface area contributed by atoms with Gasteiger partial charge in [-0.1, -0.05) is 30.3 Å². The van der Waals surface area contributed by atoms with Crippen molar-refractivity contribution in [2.45, 2.75) is 38.5 Å². The molecular formula is C22H25N3OS. The second-order valence-electron chi connectivity index (χ2n) is 7.51. The molecule has 1 fully saturated rings. The molecule has 1 saturated heterocycles. The second kappa shape index (κ2) is 7.56. The molecule has 5 heteroatoms. The highest BCUT2D eigenvalue weighted by molar-refractivity contribution is 7.18. The van der Waals surface area contributed by atoms with Gasteiger partial charge in [0.05, 0.1) is 5.39 Å². The minimum atomic E-state index is 0.699. The molecule has 0 unspecified atom stereocenters. The largest absolute Gasteiger partial charge is 0.476 e. The number of rotatable bonds is 5. The Morgan fingerprint density at radius 2 is 1.78 bits per heavy atom.